The van der Waals surface area contributed by atoms with Crippen LogP contribution >= 0.6 is 11.3 Å². The summed E-state index contributed by atoms with van der Waals surface area (Å²) in [7, 11) is 0. The summed E-state index contributed by atoms with van der Waals surface area (Å²) in [5, 5.41) is 0.356. The molecular weight excluding hydrogens is 346 g/mol. The predicted molar refractivity (Wildman–Crippen MR) is 105 cm³/mol. The molecule has 0 aliphatic rings. The zero-order valence-electron chi connectivity index (χ0n) is 14.6. The highest BCUT2D eigenvalue weighted by atomic mass is 32.1. The SMILES string of the molecule is CCOC(=O)c1sc(N)nc1N(Cc1ccccc1)Cc1ccccc1. The largest absolute Gasteiger partial charge is 0.462 e. The molecule has 2 aromatic carbocycles. The Hall–Kier alpha value is -2.86. The monoisotopic (exact) mass is 367 g/mol. The van der Waals surface area contributed by atoms with Crippen LogP contribution in [0.4, 0.5) is 10.9 Å². The Morgan fingerprint density at radius 3 is 2.08 bits per heavy atom. The summed E-state index contributed by atoms with van der Waals surface area (Å²) in [4.78, 5) is 19.3. The minimum absolute atomic E-state index is 0.313. The summed E-state index contributed by atoms with van der Waals surface area (Å²) in [6.07, 6.45) is 0. The lowest BCUT2D eigenvalue weighted by molar-refractivity contribution is 0.0532. The first-order valence-corrected chi connectivity index (χ1v) is 9.25. The Kier molecular flexibility index (Phi) is 5.86. The number of aromatic nitrogens is 1. The van der Waals surface area contributed by atoms with Crippen molar-refractivity contribution in [2.24, 2.45) is 0 Å². The van der Waals surface area contributed by atoms with Crippen molar-refractivity contribution < 1.29 is 9.53 Å². The van der Waals surface area contributed by atoms with Gasteiger partial charge in [-0.05, 0) is 18.1 Å². The molecule has 0 unspecified atom stereocenters. The Morgan fingerprint density at radius 1 is 1.04 bits per heavy atom. The molecule has 0 fully saturated rings. The molecule has 0 amide bonds. The standard InChI is InChI=1S/C20H21N3O2S/c1-2-25-19(24)17-18(22-20(21)26-17)23(13-15-9-5-3-6-10-15)14-16-11-7-4-8-12-16/h3-12H,2,13-14H2,1H3,(H2,21,22). The van der Waals surface area contributed by atoms with Gasteiger partial charge < -0.3 is 15.4 Å². The van der Waals surface area contributed by atoms with Crippen LogP contribution in [-0.2, 0) is 17.8 Å². The third kappa shape index (κ3) is 4.40. The van der Waals surface area contributed by atoms with Crippen LogP contribution in [0.15, 0.2) is 60.7 Å². The fourth-order valence-electron chi connectivity index (χ4n) is 2.69. The van der Waals surface area contributed by atoms with E-state index < -0.39 is 0 Å². The Labute approximate surface area is 157 Å². The van der Waals surface area contributed by atoms with Crippen LogP contribution in [0.2, 0.25) is 0 Å². The summed E-state index contributed by atoms with van der Waals surface area (Å²) < 4.78 is 5.18. The molecule has 0 bridgehead atoms. The number of nitrogens with zero attached hydrogens (tertiary/aromatic N) is 2. The van der Waals surface area contributed by atoms with Gasteiger partial charge in [-0.25, -0.2) is 9.78 Å². The molecule has 0 aliphatic heterocycles. The molecule has 2 N–H and O–H groups in total. The maximum Gasteiger partial charge on any atom is 0.352 e. The van der Waals surface area contributed by atoms with Crippen molar-refractivity contribution in [3.63, 3.8) is 0 Å². The molecule has 0 atom stereocenters. The van der Waals surface area contributed by atoms with Gasteiger partial charge in [0.05, 0.1) is 6.61 Å². The number of anilines is 2. The van der Waals surface area contributed by atoms with Gasteiger partial charge in [-0.1, -0.05) is 72.0 Å². The van der Waals surface area contributed by atoms with E-state index in [9.17, 15) is 4.79 Å². The van der Waals surface area contributed by atoms with Gasteiger partial charge in [-0.3, -0.25) is 0 Å². The predicted octanol–water partition coefficient (Wildman–Crippen LogP) is 4.11. The highest BCUT2D eigenvalue weighted by Gasteiger charge is 2.23. The van der Waals surface area contributed by atoms with Crippen LogP contribution in [0.3, 0.4) is 0 Å². The summed E-state index contributed by atoms with van der Waals surface area (Å²) >= 11 is 1.16. The lowest BCUT2D eigenvalue weighted by atomic mass is 10.1. The summed E-state index contributed by atoms with van der Waals surface area (Å²) in [5.74, 6) is 0.182. The number of nitrogens with two attached hydrogens (primary N) is 1. The fraction of sp³-hybridized carbons (Fsp3) is 0.200. The average Bonchev–Trinajstić information content (AvgIpc) is 3.05. The maximum absolute atomic E-state index is 12.4. The number of nitrogen functional groups attached to an aromatic ring is 1. The van der Waals surface area contributed by atoms with Gasteiger partial charge >= 0.3 is 5.97 Å². The molecule has 0 radical (unpaired) electrons. The number of carbonyl (C=O) groups excluding carboxylic acids is 1. The summed E-state index contributed by atoms with van der Waals surface area (Å²) in [5.41, 5.74) is 8.17. The topological polar surface area (TPSA) is 68.5 Å². The Bertz CT molecular complexity index is 809. The van der Waals surface area contributed by atoms with Crippen LogP contribution in [0, 0.1) is 0 Å². The number of hydrogen-bond acceptors (Lipinski definition) is 6. The number of ether oxygens (including phenoxy) is 1. The van der Waals surface area contributed by atoms with Crippen molar-refractivity contribution in [2.45, 2.75) is 20.0 Å². The quantitative estimate of drug-likeness (QED) is 0.637. The minimum atomic E-state index is -0.386. The lowest BCUT2D eigenvalue weighted by Gasteiger charge is -2.24. The molecular formula is C20H21N3O2S. The lowest BCUT2D eigenvalue weighted by Crippen LogP contribution is -2.24. The van der Waals surface area contributed by atoms with E-state index in [4.69, 9.17) is 10.5 Å². The van der Waals surface area contributed by atoms with E-state index in [0.29, 0.717) is 35.5 Å². The number of hydrogen-bond donors (Lipinski definition) is 1. The van der Waals surface area contributed by atoms with Gasteiger partial charge in [0.1, 0.15) is 0 Å². The fourth-order valence-corrected chi connectivity index (χ4v) is 3.43. The number of thiazole rings is 1. The molecule has 1 aromatic heterocycles. The Morgan fingerprint density at radius 2 is 1.58 bits per heavy atom. The van der Waals surface area contributed by atoms with Crippen LogP contribution in [-0.4, -0.2) is 17.6 Å². The van der Waals surface area contributed by atoms with Crippen LogP contribution < -0.4 is 10.6 Å². The van der Waals surface area contributed by atoms with Crippen molar-refractivity contribution in [1.29, 1.82) is 0 Å². The first kappa shape index (κ1) is 17.9. The first-order chi connectivity index (χ1) is 12.7. The molecule has 0 saturated carbocycles. The van der Waals surface area contributed by atoms with Gasteiger partial charge in [0.2, 0.25) is 0 Å². The molecule has 6 heteroatoms. The van der Waals surface area contributed by atoms with Gasteiger partial charge in [0.15, 0.2) is 15.8 Å². The maximum atomic E-state index is 12.4. The first-order valence-electron chi connectivity index (χ1n) is 8.43. The molecule has 1 heterocycles. The van der Waals surface area contributed by atoms with Crippen molar-refractivity contribution in [3.05, 3.63) is 76.7 Å². The molecule has 5 nitrogen and oxygen atoms in total. The van der Waals surface area contributed by atoms with Crippen molar-refractivity contribution in [1.82, 2.24) is 4.98 Å². The second kappa shape index (κ2) is 8.49. The third-order valence-corrected chi connectivity index (χ3v) is 4.67. The smallest absolute Gasteiger partial charge is 0.352 e. The van der Waals surface area contributed by atoms with E-state index in [1.165, 1.54) is 0 Å². The van der Waals surface area contributed by atoms with E-state index in [1.54, 1.807) is 6.92 Å². The number of carbonyl (C=O) groups is 1. The van der Waals surface area contributed by atoms with Gasteiger partial charge in [0, 0.05) is 13.1 Å². The molecule has 0 spiro atoms. The number of rotatable bonds is 7. The van der Waals surface area contributed by atoms with E-state index in [0.717, 1.165) is 22.5 Å². The van der Waals surface area contributed by atoms with Crippen molar-refractivity contribution in [3.8, 4) is 0 Å². The van der Waals surface area contributed by atoms with Crippen molar-refractivity contribution >= 4 is 28.3 Å². The summed E-state index contributed by atoms with van der Waals surface area (Å²) in [6.45, 7) is 3.33. The van der Waals surface area contributed by atoms with E-state index in [2.05, 4.69) is 34.1 Å². The average molecular weight is 367 g/mol. The number of benzene rings is 2. The third-order valence-electron chi connectivity index (χ3n) is 3.82. The molecule has 0 saturated heterocycles. The molecule has 3 rings (SSSR count). The molecule has 26 heavy (non-hydrogen) atoms. The second-order valence-electron chi connectivity index (χ2n) is 5.75. The highest BCUT2D eigenvalue weighted by Crippen LogP contribution is 2.31. The van der Waals surface area contributed by atoms with Crippen molar-refractivity contribution in [2.75, 3.05) is 17.2 Å². The van der Waals surface area contributed by atoms with E-state index in [1.807, 2.05) is 36.4 Å². The minimum Gasteiger partial charge on any atom is -0.462 e. The normalized spacial score (nSPS) is 10.5. The highest BCUT2D eigenvalue weighted by molar-refractivity contribution is 7.17. The summed E-state index contributed by atoms with van der Waals surface area (Å²) in [6, 6.07) is 20.2. The Balaban J connectivity index is 1.96. The zero-order valence-corrected chi connectivity index (χ0v) is 15.4. The van der Waals surface area contributed by atoms with Crippen LogP contribution in [0.5, 0.6) is 0 Å². The number of esters is 1. The molecule has 0 aliphatic carbocycles. The van der Waals surface area contributed by atoms with Gasteiger partial charge in [0.25, 0.3) is 0 Å². The zero-order chi connectivity index (χ0) is 18.4. The van der Waals surface area contributed by atoms with Crippen LogP contribution in [0.25, 0.3) is 0 Å². The van der Waals surface area contributed by atoms with Gasteiger partial charge in [-0.15, -0.1) is 0 Å². The van der Waals surface area contributed by atoms with Crippen LogP contribution in [0.1, 0.15) is 27.7 Å². The second-order valence-corrected chi connectivity index (χ2v) is 6.78. The van der Waals surface area contributed by atoms with Gasteiger partial charge in [-0.2, -0.15) is 0 Å². The molecule has 3 aromatic rings. The molecule has 134 valence electrons. The van der Waals surface area contributed by atoms with E-state index in [-0.39, 0.29) is 5.97 Å². The van der Waals surface area contributed by atoms with E-state index >= 15 is 0 Å².